The monoisotopic (exact) mass is 306 g/mol. The van der Waals surface area contributed by atoms with E-state index in [1.807, 2.05) is 68.5 Å². The van der Waals surface area contributed by atoms with Crippen molar-refractivity contribution in [3.05, 3.63) is 81.7 Å². The summed E-state index contributed by atoms with van der Waals surface area (Å²) in [5, 5.41) is 0.939. The van der Waals surface area contributed by atoms with Crippen molar-refractivity contribution in [1.29, 1.82) is 0 Å². The fourth-order valence-corrected chi connectivity index (χ4v) is 2.54. The third kappa shape index (κ3) is 3.34. The largest absolute Gasteiger partial charge is 0.489 e. The third-order valence-corrected chi connectivity index (χ3v) is 3.76. The van der Waals surface area contributed by atoms with Crippen molar-refractivity contribution in [3.63, 3.8) is 0 Å². The highest BCUT2D eigenvalue weighted by Gasteiger charge is 2.09. The van der Waals surface area contributed by atoms with Crippen LogP contribution in [0, 0.1) is 13.8 Å². The van der Waals surface area contributed by atoms with Crippen LogP contribution < -0.4 is 10.4 Å². The SMILES string of the molecule is Cc1cc(=O)oc2c(C)c(OCC=Cc3ccccc3)ccc12. The van der Waals surface area contributed by atoms with E-state index in [-0.39, 0.29) is 5.63 Å². The molecule has 2 aromatic carbocycles. The Balaban J connectivity index is 1.80. The van der Waals surface area contributed by atoms with Crippen LogP contribution in [-0.4, -0.2) is 6.61 Å². The van der Waals surface area contributed by atoms with E-state index in [1.165, 1.54) is 6.07 Å². The number of fused-ring (bicyclic) bond motifs is 1. The van der Waals surface area contributed by atoms with Crippen molar-refractivity contribution >= 4 is 17.0 Å². The first kappa shape index (κ1) is 15.1. The first-order chi connectivity index (χ1) is 11.1. The predicted molar refractivity (Wildman–Crippen MR) is 92.9 cm³/mol. The Kier molecular flexibility index (Phi) is 4.29. The fourth-order valence-electron chi connectivity index (χ4n) is 2.54. The standard InChI is InChI=1S/C20H18O3/c1-14-13-19(21)23-20-15(2)18(11-10-17(14)20)22-12-6-9-16-7-4-3-5-8-16/h3-11,13H,12H2,1-2H3. The molecule has 0 bridgehead atoms. The summed E-state index contributed by atoms with van der Waals surface area (Å²) in [6, 6.07) is 15.4. The molecule has 3 aromatic rings. The molecule has 0 atom stereocenters. The van der Waals surface area contributed by atoms with Crippen LogP contribution in [0.5, 0.6) is 5.75 Å². The number of aryl methyl sites for hydroxylation is 2. The van der Waals surface area contributed by atoms with E-state index in [4.69, 9.17) is 9.15 Å². The van der Waals surface area contributed by atoms with Crippen LogP contribution >= 0.6 is 0 Å². The van der Waals surface area contributed by atoms with Crippen LogP contribution in [0.3, 0.4) is 0 Å². The highest BCUT2D eigenvalue weighted by atomic mass is 16.5. The normalized spacial score (nSPS) is 11.2. The van der Waals surface area contributed by atoms with Crippen molar-refractivity contribution in [3.8, 4) is 5.75 Å². The number of ether oxygens (including phenoxy) is 1. The maximum absolute atomic E-state index is 11.6. The number of benzene rings is 2. The molecule has 1 heterocycles. The van der Waals surface area contributed by atoms with Crippen LogP contribution in [0.1, 0.15) is 16.7 Å². The van der Waals surface area contributed by atoms with Crippen molar-refractivity contribution in [2.75, 3.05) is 6.61 Å². The van der Waals surface area contributed by atoms with E-state index >= 15 is 0 Å². The fraction of sp³-hybridized carbons (Fsp3) is 0.150. The van der Waals surface area contributed by atoms with Crippen LogP contribution in [0.2, 0.25) is 0 Å². The summed E-state index contributed by atoms with van der Waals surface area (Å²) in [5.41, 5.74) is 3.15. The zero-order valence-electron chi connectivity index (χ0n) is 13.2. The number of hydrogen-bond donors (Lipinski definition) is 0. The van der Waals surface area contributed by atoms with Gasteiger partial charge in [-0.3, -0.25) is 0 Å². The zero-order valence-corrected chi connectivity index (χ0v) is 13.2. The van der Waals surface area contributed by atoms with Gasteiger partial charge in [0.15, 0.2) is 0 Å². The second kappa shape index (κ2) is 6.53. The minimum absolute atomic E-state index is 0.334. The average Bonchev–Trinajstić information content (AvgIpc) is 2.55. The Morgan fingerprint density at radius 1 is 1.09 bits per heavy atom. The van der Waals surface area contributed by atoms with Gasteiger partial charge in [0.25, 0.3) is 0 Å². The molecule has 0 radical (unpaired) electrons. The van der Waals surface area contributed by atoms with E-state index in [1.54, 1.807) is 0 Å². The molecule has 3 rings (SSSR count). The molecular weight excluding hydrogens is 288 g/mol. The minimum Gasteiger partial charge on any atom is -0.489 e. The Hall–Kier alpha value is -2.81. The van der Waals surface area contributed by atoms with Gasteiger partial charge in [-0.2, -0.15) is 0 Å². The van der Waals surface area contributed by atoms with Gasteiger partial charge in [0.2, 0.25) is 0 Å². The molecule has 0 aliphatic heterocycles. The van der Waals surface area contributed by atoms with Crippen LogP contribution in [0.15, 0.2) is 63.8 Å². The molecule has 3 nitrogen and oxygen atoms in total. The molecule has 0 aliphatic carbocycles. The molecule has 116 valence electrons. The Morgan fingerprint density at radius 3 is 2.65 bits per heavy atom. The van der Waals surface area contributed by atoms with E-state index in [9.17, 15) is 4.79 Å². The van der Waals surface area contributed by atoms with E-state index in [0.717, 1.165) is 27.8 Å². The number of rotatable bonds is 4. The summed E-state index contributed by atoms with van der Waals surface area (Å²) in [6.45, 7) is 4.26. The second-order valence-corrected chi connectivity index (χ2v) is 5.44. The molecule has 1 aromatic heterocycles. The van der Waals surface area contributed by atoms with Gasteiger partial charge in [0, 0.05) is 17.0 Å². The second-order valence-electron chi connectivity index (χ2n) is 5.44. The Bertz CT molecular complexity index is 905. The molecular formula is C20H18O3. The van der Waals surface area contributed by atoms with Gasteiger partial charge in [0.05, 0.1) is 0 Å². The highest BCUT2D eigenvalue weighted by molar-refractivity contribution is 5.84. The molecule has 0 unspecified atom stereocenters. The van der Waals surface area contributed by atoms with E-state index < -0.39 is 0 Å². The predicted octanol–water partition coefficient (Wildman–Crippen LogP) is 4.50. The van der Waals surface area contributed by atoms with Gasteiger partial charge in [-0.15, -0.1) is 0 Å². The topological polar surface area (TPSA) is 39.4 Å². The summed E-state index contributed by atoms with van der Waals surface area (Å²) >= 11 is 0. The molecule has 0 aliphatic rings. The average molecular weight is 306 g/mol. The molecule has 23 heavy (non-hydrogen) atoms. The van der Waals surface area contributed by atoms with Crippen LogP contribution in [0.25, 0.3) is 17.0 Å². The molecule has 0 amide bonds. The summed E-state index contributed by atoms with van der Waals surface area (Å²) in [5.74, 6) is 0.726. The van der Waals surface area contributed by atoms with Crippen molar-refractivity contribution < 1.29 is 9.15 Å². The molecule has 0 fully saturated rings. The maximum Gasteiger partial charge on any atom is 0.336 e. The smallest absolute Gasteiger partial charge is 0.336 e. The van der Waals surface area contributed by atoms with Gasteiger partial charge in [-0.05, 0) is 43.2 Å². The molecule has 0 saturated carbocycles. The van der Waals surface area contributed by atoms with Crippen LogP contribution in [0.4, 0.5) is 0 Å². The van der Waals surface area contributed by atoms with Gasteiger partial charge < -0.3 is 9.15 Å². The van der Waals surface area contributed by atoms with Gasteiger partial charge in [-0.25, -0.2) is 4.79 Å². The van der Waals surface area contributed by atoms with Gasteiger partial charge >= 0.3 is 5.63 Å². The Morgan fingerprint density at radius 2 is 1.87 bits per heavy atom. The summed E-state index contributed by atoms with van der Waals surface area (Å²) in [4.78, 5) is 11.6. The van der Waals surface area contributed by atoms with E-state index in [2.05, 4.69) is 0 Å². The van der Waals surface area contributed by atoms with Gasteiger partial charge in [0.1, 0.15) is 17.9 Å². The first-order valence-electron chi connectivity index (χ1n) is 7.53. The Labute approximate surface area is 134 Å². The molecule has 0 saturated heterocycles. The first-order valence-corrected chi connectivity index (χ1v) is 7.53. The summed E-state index contributed by atoms with van der Waals surface area (Å²) in [6.07, 6.45) is 3.98. The lowest BCUT2D eigenvalue weighted by atomic mass is 10.1. The maximum atomic E-state index is 11.6. The molecule has 0 spiro atoms. The van der Waals surface area contributed by atoms with Crippen molar-refractivity contribution in [2.24, 2.45) is 0 Å². The lowest BCUT2D eigenvalue weighted by Crippen LogP contribution is -2.01. The third-order valence-electron chi connectivity index (χ3n) is 3.76. The van der Waals surface area contributed by atoms with E-state index in [0.29, 0.717) is 12.2 Å². The van der Waals surface area contributed by atoms with Crippen molar-refractivity contribution in [1.82, 2.24) is 0 Å². The highest BCUT2D eigenvalue weighted by Crippen LogP contribution is 2.28. The minimum atomic E-state index is -0.334. The van der Waals surface area contributed by atoms with Gasteiger partial charge in [-0.1, -0.05) is 36.4 Å². The summed E-state index contributed by atoms with van der Waals surface area (Å²) < 4.78 is 11.1. The lowest BCUT2D eigenvalue weighted by molar-refractivity contribution is 0.360. The van der Waals surface area contributed by atoms with Crippen LogP contribution in [-0.2, 0) is 0 Å². The quantitative estimate of drug-likeness (QED) is 0.666. The molecule has 3 heteroatoms. The van der Waals surface area contributed by atoms with Crippen molar-refractivity contribution in [2.45, 2.75) is 13.8 Å². The number of hydrogen-bond acceptors (Lipinski definition) is 3. The zero-order chi connectivity index (χ0) is 16.2. The lowest BCUT2D eigenvalue weighted by Gasteiger charge is -2.10. The summed E-state index contributed by atoms with van der Waals surface area (Å²) in [7, 11) is 0. The molecule has 0 N–H and O–H groups in total.